The predicted molar refractivity (Wildman–Crippen MR) is 125 cm³/mol. The second kappa shape index (κ2) is 7.86. The molecule has 4 atom stereocenters. The maximum Gasteiger partial charge on any atom is 0.147 e. The number of aliphatic hydroxyl groups is 1. The molecule has 1 aliphatic heterocycles. The second-order valence-corrected chi connectivity index (χ2v) is 8.76. The normalized spacial score (nSPS) is 23.0. The minimum Gasteiger partial charge on any atom is -0.488 e. The highest BCUT2D eigenvalue weighted by atomic mass is 16.5. The fraction of sp³-hybridized carbons (Fsp3) is 0.375. The van der Waals surface area contributed by atoms with Gasteiger partial charge in [0.1, 0.15) is 47.8 Å². The van der Waals surface area contributed by atoms with Gasteiger partial charge in [0.25, 0.3) is 0 Å². The second-order valence-electron chi connectivity index (χ2n) is 8.76. The van der Waals surface area contributed by atoms with Gasteiger partial charge in [-0.1, -0.05) is 0 Å². The van der Waals surface area contributed by atoms with E-state index in [0.717, 1.165) is 53.7 Å². The molecule has 0 bridgehead atoms. The van der Waals surface area contributed by atoms with E-state index in [9.17, 15) is 5.11 Å². The van der Waals surface area contributed by atoms with Gasteiger partial charge >= 0.3 is 0 Å². The molecule has 6 rings (SSSR count). The molecule has 0 radical (unpaired) electrons. The Morgan fingerprint density at radius 3 is 3.00 bits per heavy atom. The van der Waals surface area contributed by atoms with Crippen LogP contribution in [0.4, 0.5) is 11.6 Å². The summed E-state index contributed by atoms with van der Waals surface area (Å²) in [7, 11) is 1.66. The lowest BCUT2D eigenvalue weighted by atomic mass is 10.0. The van der Waals surface area contributed by atoms with Crippen LogP contribution in [0.25, 0.3) is 21.9 Å². The Hall–Kier alpha value is -3.43. The maximum atomic E-state index is 11.2. The van der Waals surface area contributed by atoms with Gasteiger partial charge in [-0.05, 0) is 49.1 Å². The number of aliphatic hydroxyl groups excluding tert-OH is 1. The van der Waals surface area contributed by atoms with Crippen molar-refractivity contribution < 1.29 is 14.6 Å². The summed E-state index contributed by atoms with van der Waals surface area (Å²) in [5, 5.41) is 16.4. The molecule has 1 unspecified atom stereocenters. The van der Waals surface area contributed by atoms with Crippen LogP contribution in [-0.2, 0) is 11.2 Å². The van der Waals surface area contributed by atoms with Crippen molar-refractivity contribution in [2.24, 2.45) is 5.92 Å². The molecule has 0 saturated heterocycles. The SMILES string of the molecule is CO[C@H]1C([C@@H](O)n2ccc3c(N)ncnc32)CC[C@@H]1Oc1ccc2cc3c(nc2c1)NCC3. The third-order valence-electron chi connectivity index (χ3n) is 6.90. The minimum atomic E-state index is -0.817. The Morgan fingerprint density at radius 1 is 1.21 bits per heavy atom. The van der Waals surface area contributed by atoms with E-state index in [4.69, 9.17) is 20.2 Å². The number of methoxy groups -OCH3 is 1. The summed E-state index contributed by atoms with van der Waals surface area (Å²) in [5.74, 6) is 1.95. The molecule has 1 aromatic carbocycles. The van der Waals surface area contributed by atoms with Crippen LogP contribution in [0.3, 0.4) is 0 Å². The van der Waals surface area contributed by atoms with Gasteiger partial charge in [0.05, 0.1) is 10.9 Å². The van der Waals surface area contributed by atoms with Crippen LogP contribution in [0.5, 0.6) is 5.75 Å². The fourth-order valence-corrected chi connectivity index (χ4v) is 5.24. The number of nitrogen functional groups attached to an aromatic ring is 1. The van der Waals surface area contributed by atoms with Crippen molar-refractivity contribution in [1.82, 2.24) is 19.5 Å². The molecule has 0 amide bonds. The smallest absolute Gasteiger partial charge is 0.147 e. The van der Waals surface area contributed by atoms with Crippen LogP contribution < -0.4 is 15.8 Å². The lowest BCUT2D eigenvalue weighted by Gasteiger charge is -2.28. The number of rotatable bonds is 5. The van der Waals surface area contributed by atoms with Crippen LogP contribution >= 0.6 is 0 Å². The first-order chi connectivity index (χ1) is 16.1. The van der Waals surface area contributed by atoms with E-state index in [1.54, 1.807) is 17.9 Å². The van der Waals surface area contributed by atoms with E-state index in [0.29, 0.717) is 11.5 Å². The number of anilines is 2. The molecule has 1 aliphatic carbocycles. The number of ether oxygens (including phenoxy) is 2. The van der Waals surface area contributed by atoms with Gasteiger partial charge in [-0.15, -0.1) is 0 Å². The topological polar surface area (TPSA) is 120 Å². The third kappa shape index (κ3) is 3.35. The summed E-state index contributed by atoms with van der Waals surface area (Å²) in [6.45, 7) is 0.929. The number of aromatic nitrogens is 4. The number of fused-ring (bicyclic) bond motifs is 3. The number of hydrogen-bond acceptors (Lipinski definition) is 8. The van der Waals surface area contributed by atoms with Crippen molar-refractivity contribution in [1.29, 1.82) is 0 Å². The average molecular weight is 447 g/mol. The van der Waals surface area contributed by atoms with Crippen LogP contribution in [0.15, 0.2) is 42.9 Å². The minimum absolute atomic E-state index is 0.155. The van der Waals surface area contributed by atoms with Crippen molar-refractivity contribution in [3.63, 3.8) is 0 Å². The Labute approximate surface area is 190 Å². The Morgan fingerprint density at radius 2 is 2.12 bits per heavy atom. The summed E-state index contributed by atoms with van der Waals surface area (Å²) in [6, 6.07) is 10.0. The van der Waals surface area contributed by atoms with Crippen molar-refractivity contribution >= 4 is 33.6 Å². The molecule has 4 heterocycles. The molecule has 2 aliphatic rings. The van der Waals surface area contributed by atoms with Crippen molar-refractivity contribution in [2.45, 2.75) is 37.7 Å². The van der Waals surface area contributed by atoms with Gasteiger partial charge in [0.2, 0.25) is 0 Å². The molecule has 4 N–H and O–H groups in total. The Bertz CT molecular complexity index is 1340. The van der Waals surface area contributed by atoms with Crippen LogP contribution in [0.1, 0.15) is 24.6 Å². The number of nitrogens with two attached hydrogens (primary N) is 1. The highest BCUT2D eigenvalue weighted by molar-refractivity contribution is 5.86. The van der Waals surface area contributed by atoms with Crippen LogP contribution in [-0.4, -0.2) is 50.5 Å². The van der Waals surface area contributed by atoms with Gasteiger partial charge in [-0.3, -0.25) is 0 Å². The number of hydrogen-bond donors (Lipinski definition) is 3. The number of nitrogens with zero attached hydrogens (tertiary/aromatic N) is 4. The van der Waals surface area contributed by atoms with Gasteiger partial charge in [0, 0.05) is 37.2 Å². The quantitative estimate of drug-likeness (QED) is 0.428. The van der Waals surface area contributed by atoms with Crippen LogP contribution in [0.2, 0.25) is 0 Å². The summed E-state index contributed by atoms with van der Waals surface area (Å²) < 4.78 is 13.9. The average Bonchev–Trinajstić information content (AvgIpc) is 3.55. The molecular weight excluding hydrogens is 420 g/mol. The highest BCUT2D eigenvalue weighted by Crippen LogP contribution is 2.39. The highest BCUT2D eigenvalue weighted by Gasteiger charge is 2.42. The zero-order valence-electron chi connectivity index (χ0n) is 18.3. The first kappa shape index (κ1) is 20.2. The molecule has 33 heavy (non-hydrogen) atoms. The van der Waals surface area contributed by atoms with E-state index in [1.165, 1.54) is 11.9 Å². The molecule has 9 heteroatoms. The summed E-state index contributed by atoms with van der Waals surface area (Å²) in [5.41, 5.74) is 8.72. The summed E-state index contributed by atoms with van der Waals surface area (Å²) in [6.07, 6.45) is 4.47. The van der Waals surface area contributed by atoms with Crippen molar-refractivity contribution in [2.75, 3.05) is 24.7 Å². The summed E-state index contributed by atoms with van der Waals surface area (Å²) in [4.78, 5) is 13.1. The van der Waals surface area contributed by atoms with E-state index < -0.39 is 6.23 Å². The molecule has 9 nitrogen and oxygen atoms in total. The molecule has 4 aromatic rings. The molecule has 170 valence electrons. The van der Waals surface area contributed by atoms with Crippen molar-refractivity contribution in [3.8, 4) is 5.75 Å². The van der Waals surface area contributed by atoms with E-state index >= 15 is 0 Å². The maximum absolute atomic E-state index is 11.2. The molecule has 1 saturated carbocycles. The van der Waals surface area contributed by atoms with E-state index in [1.807, 2.05) is 18.2 Å². The first-order valence-corrected chi connectivity index (χ1v) is 11.2. The van der Waals surface area contributed by atoms with Gasteiger partial charge in [-0.2, -0.15) is 0 Å². The van der Waals surface area contributed by atoms with Gasteiger partial charge in [-0.25, -0.2) is 15.0 Å². The number of benzene rings is 1. The first-order valence-electron chi connectivity index (χ1n) is 11.2. The number of pyridine rings is 1. The largest absolute Gasteiger partial charge is 0.488 e. The predicted octanol–water partition coefficient (Wildman–Crippen LogP) is 2.89. The summed E-state index contributed by atoms with van der Waals surface area (Å²) >= 11 is 0. The molecule has 1 fully saturated rings. The van der Waals surface area contributed by atoms with E-state index in [-0.39, 0.29) is 18.1 Å². The lowest BCUT2D eigenvalue weighted by Crippen LogP contribution is -2.36. The monoisotopic (exact) mass is 446 g/mol. The van der Waals surface area contributed by atoms with Gasteiger partial charge < -0.3 is 30.2 Å². The zero-order chi connectivity index (χ0) is 22.5. The standard InChI is InChI=1S/C24H26N6O3/c1-32-20-16(24(31)30-9-7-17-21(25)27-12-28-23(17)30)4-5-19(20)33-15-3-2-13-10-14-6-8-26-22(14)29-18(13)11-15/h2-3,7,9-12,16,19-20,24,31H,4-6,8H2,1H3,(H,26,29)(H2,25,27,28)/t16?,19-,20-,24+/m0/s1. The fourth-order valence-electron chi connectivity index (χ4n) is 5.24. The molecule has 3 aromatic heterocycles. The van der Waals surface area contributed by atoms with Crippen molar-refractivity contribution in [3.05, 3.63) is 48.4 Å². The Balaban J connectivity index is 1.24. The molecular formula is C24H26N6O3. The molecule has 0 spiro atoms. The van der Waals surface area contributed by atoms with Crippen LogP contribution in [0, 0.1) is 5.92 Å². The van der Waals surface area contributed by atoms with E-state index in [2.05, 4.69) is 27.4 Å². The van der Waals surface area contributed by atoms with Gasteiger partial charge in [0.15, 0.2) is 0 Å². The zero-order valence-corrected chi connectivity index (χ0v) is 18.3. The number of nitrogens with one attached hydrogen (secondary N) is 1. The Kier molecular flexibility index (Phi) is 4.81. The third-order valence-corrected chi connectivity index (χ3v) is 6.90. The lowest BCUT2D eigenvalue weighted by molar-refractivity contribution is -0.0594.